The minimum absolute atomic E-state index is 0.0797. The van der Waals surface area contributed by atoms with Crippen LogP contribution in [0.1, 0.15) is 17.1 Å². The van der Waals surface area contributed by atoms with E-state index >= 15 is 0 Å². The molecule has 0 radical (unpaired) electrons. The topological polar surface area (TPSA) is 58.8 Å². The smallest absolute Gasteiger partial charge is 0.437 e. The van der Waals surface area contributed by atoms with E-state index in [4.69, 9.17) is 33.2 Å². The fourth-order valence-corrected chi connectivity index (χ4v) is 2.09. The van der Waals surface area contributed by atoms with Gasteiger partial charge in [-0.3, -0.25) is 0 Å². The molecule has 0 unspecified atom stereocenters. The molecule has 22 heavy (non-hydrogen) atoms. The second-order valence-corrected chi connectivity index (χ2v) is 4.92. The average molecular weight is 348 g/mol. The molecule has 0 aliphatic heterocycles. The Kier molecular flexibility index (Phi) is 4.44. The van der Waals surface area contributed by atoms with E-state index < -0.39 is 22.8 Å². The number of ether oxygens (including phenoxy) is 1. The van der Waals surface area contributed by atoms with Gasteiger partial charge < -0.3 is 4.74 Å². The molecule has 0 aliphatic rings. The molecule has 0 atom stereocenters. The molecular formula is C13H6Cl2F3N3O. The van der Waals surface area contributed by atoms with E-state index in [1.54, 1.807) is 0 Å². The van der Waals surface area contributed by atoms with E-state index in [2.05, 4.69) is 9.97 Å². The van der Waals surface area contributed by atoms with Gasteiger partial charge in [0.05, 0.1) is 11.6 Å². The molecule has 0 amide bonds. The van der Waals surface area contributed by atoms with Gasteiger partial charge in [-0.05, 0) is 25.1 Å². The number of hydrogen-bond acceptors (Lipinski definition) is 4. The lowest BCUT2D eigenvalue weighted by molar-refractivity contribution is -0.142. The number of nitrogens with zero attached hydrogens (tertiary/aromatic N) is 3. The minimum atomic E-state index is -4.77. The van der Waals surface area contributed by atoms with Crippen LogP contribution in [0.25, 0.3) is 0 Å². The Balaban J connectivity index is 2.55. The zero-order valence-corrected chi connectivity index (χ0v) is 12.4. The molecule has 0 aliphatic carbocycles. The van der Waals surface area contributed by atoms with Crippen molar-refractivity contribution < 1.29 is 17.9 Å². The van der Waals surface area contributed by atoms with Gasteiger partial charge in [0.2, 0.25) is 0 Å². The van der Waals surface area contributed by atoms with Crippen LogP contribution in [-0.2, 0) is 6.18 Å². The van der Waals surface area contributed by atoms with Gasteiger partial charge in [0, 0.05) is 5.02 Å². The maximum atomic E-state index is 13.0. The lowest BCUT2D eigenvalue weighted by Crippen LogP contribution is -2.12. The summed E-state index contributed by atoms with van der Waals surface area (Å²) >= 11 is 11.5. The Morgan fingerprint density at radius 2 is 1.86 bits per heavy atom. The van der Waals surface area contributed by atoms with Crippen molar-refractivity contribution in [3.63, 3.8) is 0 Å². The maximum Gasteiger partial charge on any atom is 0.437 e. The zero-order valence-electron chi connectivity index (χ0n) is 10.9. The van der Waals surface area contributed by atoms with Crippen molar-refractivity contribution in [1.29, 1.82) is 5.26 Å². The molecule has 4 nitrogen and oxygen atoms in total. The SMILES string of the molecule is Cc1nc(Cl)c(Oc2cc(Cl)cc(C#N)c2)c(C(F)(F)F)n1. The number of rotatable bonds is 2. The standard InChI is InChI=1S/C13H6Cl2F3N3O/c1-6-20-11(13(16,17)18)10(12(15)21-6)22-9-3-7(5-19)2-8(14)4-9/h2-4H,1H3. The van der Waals surface area contributed by atoms with Crippen LogP contribution in [0, 0.1) is 18.3 Å². The van der Waals surface area contributed by atoms with Crippen molar-refractivity contribution in [1.82, 2.24) is 9.97 Å². The van der Waals surface area contributed by atoms with Gasteiger partial charge in [-0.15, -0.1) is 0 Å². The number of benzene rings is 1. The quantitative estimate of drug-likeness (QED) is 0.734. The fraction of sp³-hybridized carbons (Fsp3) is 0.154. The Morgan fingerprint density at radius 3 is 2.45 bits per heavy atom. The van der Waals surface area contributed by atoms with E-state index in [0.717, 1.165) is 0 Å². The third kappa shape index (κ3) is 3.59. The molecule has 0 fully saturated rings. The second kappa shape index (κ2) is 5.99. The van der Waals surface area contributed by atoms with Crippen LogP contribution in [0.3, 0.4) is 0 Å². The van der Waals surface area contributed by atoms with Gasteiger partial charge >= 0.3 is 6.18 Å². The molecule has 0 bridgehead atoms. The Hall–Kier alpha value is -2.04. The molecule has 1 aromatic carbocycles. The molecule has 1 aromatic heterocycles. The average Bonchev–Trinajstić information content (AvgIpc) is 2.39. The highest BCUT2D eigenvalue weighted by atomic mass is 35.5. The van der Waals surface area contributed by atoms with Crippen molar-refractivity contribution in [3.05, 3.63) is 45.5 Å². The predicted molar refractivity (Wildman–Crippen MR) is 73.0 cm³/mol. The normalized spacial score (nSPS) is 11.1. The first-order valence-electron chi connectivity index (χ1n) is 5.70. The lowest BCUT2D eigenvalue weighted by atomic mass is 10.2. The molecule has 1 heterocycles. The fourth-order valence-electron chi connectivity index (χ4n) is 1.61. The third-order valence-corrected chi connectivity index (χ3v) is 2.90. The summed E-state index contributed by atoms with van der Waals surface area (Å²) in [6.07, 6.45) is -4.77. The first-order chi connectivity index (χ1) is 10.2. The Labute approximate surface area is 133 Å². The monoisotopic (exact) mass is 347 g/mol. The second-order valence-electron chi connectivity index (χ2n) is 4.13. The Morgan fingerprint density at radius 1 is 1.18 bits per heavy atom. The number of halogens is 5. The zero-order chi connectivity index (χ0) is 16.5. The van der Waals surface area contributed by atoms with Crippen molar-refractivity contribution in [2.45, 2.75) is 13.1 Å². The number of alkyl halides is 3. The largest absolute Gasteiger partial charge is 0.452 e. The van der Waals surface area contributed by atoms with Gasteiger partial charge in [-0.25, -0.2) is 9.97 Å². The minimum Gasteiger partial charge on any atom is -0.452 e. The van der Waals surface area contributed by atoms with Crippen LogP contribution in [-0.4, -0.2) is 9.97 Å². The van der Waals surface area contributed by atoms with Crippen LogP contribution in [0.2, 0.25) is 10.2 Å². The molecule has 0 saturated carbocycles. The first kappa shape index (κ1) is 16.3. The summed E-state index contributed by atoms with van der Waals surface area (Å²) in [5.74, 6) is -0.969. The summed E-state index contributed by atoms with van der Waals surface area (Å²) in [5.41, 5.74) is -1.18. The predicted octanol–water partition coefficient (Wildman–Crippen LogP) is 4.77. The van der Waals surface area contributed by atoms with E-state index in [9.17, 15) is 13.2 Å². The van der Waals surface area contributed by atoms with Gasteiger partial charge in [0.15, 0.2) is 16.6 Å². The molecule has 2 rings (SSSR count). The van der Waals surface area contributed by atoms with Crippen molar-refractivity contribution >= 4 is 23.2 Å². The molecule has 0 saturated heterocycles. The van der Waals surface area contributed by atoms with Crippen molar-refractivity contribution in [3.8, 4) is 17.6 Å². The highest BCUT2D eigenvalue weighted by Gasteiger charge is 2.38. The summed E-state index contributed by atoms with van der Waals surface area (Å²) in [6.45, 7) is 1.28. The summed E-state index contributed by atoms with van der Waals surface area (Å²) in [5, 5.41) is 8.48. The van der Waals surface area contributed by atoms with Gasteiger partial charge in [-0.1, -0.05) is 23.2 Å². The Bertz CT molecular complexity index is 772. The summed E-state index contributed by atoms with van der Waals surface area (Å²) < 4.78 is 44.2. The van der Waals surface area contributed by atoms with E-state index in [0.29, 0.717) is 0 Å². The van der Waals surface area contributed by atoms with Crippen LogP contribution >= 0.6 is 23.2 Å². The first-order valence-corrected chi connectivity index (χ1v) is 6.46. The molecule has 0 spiro atoms. The van der Waals surface area contributed by atoms with Crippen LogP contribution < -0.4 is 4.74 Å². The van der Waals surface area contributed by atoms with Crippen molar-refractivity contribution in [2.24, 2.45) is 0 Å². The summed E-state index contributed by atoms with van der Waals surface area (Å²) in [6, 6.07) is 5.62. The lowest BCUT2D eigenvalue weighted by Gasteiger charge is -2.14. The number of nitriles is 1. The number of aryl methyl sites for hydroxylation is 1. The number of aromatic nitrogens is 2. The van der Waals surface area contributed by atoms with Crippen LogP contribution in [0.5, 0.6) is 11.5 Å². The highest BCUT2D eigenvalue weighted by Crippen LogP contribution is 2.40. The van der Waals surface area contributed by atoms with Crippen LogP contribution in [0.4, 0.5) is 13.2 Å². The maximum absolute atomic E-state index is 13.0. The van der Waals surface area contributed by atoms with E-state index in [-0.39, 0.29) is 22.2 Å². The summed E-state index contributed by atoms with van der Waals surface area (Å²) in [7, 11) is 0. The third-order valence-electron chi connectivity index (χ3n) is 2.42. The van der Waals surface area contributed by atoms with E-state index in [1.165, 1.54) is 25.1 Å². The van der Waals surface area contributed by atoms with E-state index in [1.807, 2.05) is 6.07 Å². The summed E-state index contributed by atoms with van der Waals surface area (Å²) in [4.78, 5) is 6.96. The molecule has 9 heteroatoms. The van der Waals surface area contributed by atoms with Gasteiger partial charge in [-0.2, -0.15) is 18.4 Å². The highest BCUT2D eigenvalue weighted by molar-refractivity contribution is 6.31. The van der Waals surface area contributed by atoms with Gasteiger partial charge in [0.1, 0.15) is 11.6 Å². The molecule has 114 valence electrons. The van der Waals surface area contributed by atoms with Crippen molar-refractivity contribution in [2.75, 3.05) is 0 Å². The van der Waals surface area contributed by atoms with Crippen LogP contribution in [0.15, 0.2) is 18.2 Å². The van der Waals surface area contributed by atoms with Gasteiger partial charge in [0.25, 0.3) is 0 Å². The molecule has 0 N–H and O–H groups in total. The molecular weight excluding hydrogens is 342 g/mol. The molecule has 2 aromatic rings. The number of hydrogen-bond donors (Lipinski definition) is 0.